The molecule has 3 N–H and O–H groups in total. The summed E-state index contributed by atoms with van der Waals surface area (Å²) in [5.41, 5.74) is 6.63. The highest BCUT2D eigenvalue weighted by Crippen LogP contribution is 2.35. The number of nitrogens with two attached hydrogens (primary N) is 1. The second-order valence-electron chi connectivity index (χ2n) is 5.86. The van der Waals surface area contributed by atoms with Crippen molar-refractivity contribution in [2.75, 3.05) is 0 Å². The van der Waals surface area contributed by atoms with Crippen LogP contribution in [0.25, 0.3) is 0 Å². The van der Waals surface area contributed by atoms with E-state index in [0.29, 0.717) is 12.1 Å². The Balaban J connectivity index is 1.48. The summed E-state index contributed by atoms with van der Waals surface area (Å²) in [5.74, 6) is -0.0414. The monoisotopic (exact) mass is 262 g/mol. The van der Waals surface area contributed by atoms with Crippen LogP contribution in [0.4, 0.5) is 0 Å². The molecular weight excluding hydrogens is 240 g/mol. The number of imidazole rings is 1. The van der Waals surface area contributed by atoms with Crippen LogP contribution in [-0.4, -0.2) is 21.5 Å². The molecule has 2 aliphatic rings. The highest BCUT2D eigenvalue weighted by Gasteiger charge is 2.26. The number of hydrogen-bond donors (Lipinski definition) is 2. The van der Waals surface area contributed by atoms with Crippen LogP contribution in [0.1, 0.15) is 50.3 Å². The highest BCUT2D eigenvalue weighted by atomic mass is 16.1. The van der Waals surface area contributed by atoms with E-state index in [1.165, 1.54) is 18.5 Å². The van der Waals surface area contributed by atoms with Gasteiger partial charge in [0.1, 0.15) is 0 Å². The van der Waals surface area contributed by atoms with Gasteiger partial charge in [0.05, 0.1) is 12.0 Å². The minimum Gasteiger partial charge on any atom is -0.369 e. The van der Waals surface area contributed by atoms with Gasteiger partial charge in [-0.2, -0.15) is 0 Å². The molecule has 5 heteroatoms. The van der Waals surface area contributed by atoms with Crippen LogP contribution in [0, 0.1) is 5.92 Å². The van der Waals surface area contributed by atoms with E-state index >= 15 is 0 Å². The molecule has 0 spiro atoms. The van der Waals surface area contributed by atoms with Gasteiger partial charge in [-0.3, -0.25) is 4.79 Å². The van der Waals surface area contributed by atoms with Crippen LogP contribution in [0.5, 0.6) is 0 Å². The molecule has 0 aromatic carbocycles. The molecule has 0 unspecified atom stereocenters. The summed E-state index contributed by atoms with van der Waals surface area (Å²) in [6, 6.07) is 1.20. The van der Waals surface area contributed by atoms with Crippen molar-refractivity contribution in [1.29, 1.82) is 0 Å². The standard InChI is InChI=1S/C14H22N4O/c15-14(19)10-1-3-11(4-2-10)17-8-13-7-16-9-18(13)12-5-6-12/h7,9-12,17H,1-6,8H2,(H2,15,19). The van der Waals surface area contributed by atoms with Crippen LogP contribution in [0.15, 0.2) is 12.5 Å². The normalized spacial score (nSPS) is 27.4. The predicted octanol–water partition coefficient (Wildman–Crippen LogP) is 1.35. The third-order valence-electron chi connectivity index (χ3n) is 4.39. The van der Waals surface area contributed by atoms with Gasteiger partial charge in [-0.25, -0.2) is 4.98 Å². The van der Waals surface area contributed by atoms with Crippen molar-refractivity contribution in [2.24, 2.45) is 11.7 Å². The van der Waals surface area contributed by atoms with Crippen LogP contribution in [-0.2, 0) is 11.3 Å². The summed E-state index contributed by atoms with van der Waals surface area (Å²) in [6.45, 7) is 0.877. The zero-order chi connectivity index (χ0) is 13.2. The third-order valence-corrected chi connectivity index (χ3v) is 4.39. The van der Waals surface area contributed by atoms with E-state index in [2.05, 4.69) is 14.9 Å². The Labute approximate surface area is 113 Å². The lowest BCUT2D eigenvalue weighted by Crippen LogP contribution is -2.36. The second kappa shape index (κ2) is 5.33. The summed E-state index contributed by atoms with van der Waals surface area (Å²) in [5, 5.41) is 3.59. The fourth-order valence-electron chi connectivity index (χ4n) is 2.98. The number of rotatable bonds is 5. The van der Waals surface area contributed by atoms with Crippen molar-refractivity contribution >= 4 is 5.91 Å². The van der Waals surface area contributed by atoms with Gasteiger partial charge in [0.2, 0.25) is 5.91 Å². The number of carbonyl (C=O) groups is 1. The first kappa shape index (κ1) is 12.7. The van der Waals surface area contributed by atoms with Crippen molar-refractivity contribution in [3.05, 3.63) is 18.2 Å². The number of nitrogens with one attached hydrogen (secondary N) is 1. The quantitative estimate of drug-likeness (QED) is 0.841. The van der Waals surface area contributed by atoms with Gasteiger partial charge in [-0.15, -0.1) is 0 Å². The zero-order valence-electron chi connectivity index (χ0n) is 11.2. The van der Waals surface area contributed by atoms with Crippen LogP contribution in [0.2, 0.25) is 0 Å². The lowest BCUT2D eigenvalue weighted by atomic mass is 9.85. The van der Waals surface area contributed by atoms with Gasteiger partial charge < -0.3 is 15.6 Å². The maximum absolute atomic E-state index is 11.1. The van der Waals surface area contributed by atoms with E-state index in [9.17, 15) is 4.79 Å². The van der Waals surface area contributed by atoms with Crippen LogP contribution >= 0.6 is 0 Å². The molecule has 2 aliphatic carbocycles. The van der Waals surface area contributed by atoms with Crippen molar-refractivity contribution in [1.82, 2.24) is 14.9 Å². The summed E-state index contributed by atoms with van der Waals surface area (Å²) in [7, 11) is 0. The Bertz CT molecular complexity index is 444. The lowest BCUT2D eigenvalue weighted by Gasteiger charge is -2.27. The van der Waals surface area contributed by atoms with Crippen LogP contribution in [0.3, 0.4) is 0 Å². The van der Waals surface area contributed by atoms with Crippen molar-refractivity contribution < 1.29 is 4.79 Å². The van der Waals surface area contributed by atoms with Crippen molar-refractivity contribution in [2.45, 2.75) is 57.2 Å². The molecule has 0 aliphatic heterocycles. The maximum atomic E-state index is 11.1. The number of primary amides is 1. The van der Waals surface area contributed by atoms with Gasteiger partial charge in [0.25, 0.3) is 0 Å². The Hall–Kier alpha value is -1.36. The molecule has 0 saturated heterocycles. The first-order valence-corrected chi connectivity index (χ1v) is 7.27. The van der Waals surface area contributed by atoms with E-state index in [-0.39, 0.29) is 11.8 Å². The lowest BCUT2D eigenvalue weighted by molar-refractivity contribution is -0.122. The van der Waals surface area contributed by atoms with Crippen molar-refractivity contribution in [3.8, 4) is 0 Å². The number of hydrogen-bond acceptors (Lipinski definition) is 3. The average molecular weight is 262 g/mol. The summed E-state index contributed by atoms with van der Waals surface area (Å²) < 4.78 is 2.29. The minimum absolute atomic E-state index is 0.0926. The van der Waals surface area contributed by atoms with Gasteiger partial charge in [0.15, 0.2) is 0 Å². The molecule has 19 heavy (non-hydrogen) atoms. The third kappa shape index (κ3) is 2.97. The van der Waals surface area contributed by atoms with Crippen molar-refractivity contribution in [3.63, 3.8) is 0 Å². The first-order chi connectivity index (χ1) is 9.24. The Morgan fingerprint density at radius 1 is 1.32 bits per heavy atom. The molecule has 1 amide bonds. The Morgan fingerprint density at radius 3 is 2.68 bits per heavy atom. The predicted molar refractivity (Wildman–Crippen MR) is 72.3 cm³/mol. The van der Waals surface area contributed by atoms with Gasteiger partial charge in [0, 0.05) is 30.7 Å². The number of carbonyl (C=O) groups excluding carboxylic acids is 1. The Kier molecular flexibility index (Phi) is 3.55. The number of aromatic nitrogens is 2. The molecule has 1 heterocycles. The topological polar surface area (TPSA) is 72.9 Å². The molecule has 1 aromatic heterocycles. The molecule has 2 fully saturated rings. The Morgan fingerprint density at radius 2 is 2.05 bits per heavy atom. The summed E-state index contributed by atoms with van der Waals surface area (Å²) >= 11 is 0. The summed E-state index contributed by atoms with van der Waals surface area (Å²) in [4.78, 5) is 15.4. The van der Waals surface area contributed by atoms with Gasteiger partial charge in [-0.05, 0) is 38.5 Å². The maximum Gasteiger partial charge on any atom is 0.220 e. The smallest absolute Gasteiger partial charge is 0.220 e. The van der Waals surface area contributed by atoms with Gasteiger partial charge >= 0.3 is 0 Å². The SMILES string of the molecule is NC(=O)C1CCC(NCc2cncn2C2CC2)CC1. The summed E-state index contributed by atoms with van der Waals surface area (Å²) in [6.07, 6.45) is 10.4. The van der Waals surface area contributed by atoms with E-state index in [1.807, 2.05) is 12.5 Å². The molecule has 104 valence electrons. The van der Waals surface area contributed by atoms with Crippen LogP contribution < -0.4 is 11.1 Å². The van der Waals surface area contributed by atoms with E-state index < -0.39 is 0 Å². The molecule has 0 bridgehead atoms. The largest absolute Gasteiger partial charge is 0.369 e. The number of nitrogens with zero attached hydrogens (tertiary/aromatic N) is 2. The fourth-order valence-corrected chi connectivity index (χ4v) is 2.98. The van der Waals surface area contributed by atoms with E-state index in [4.69, 9.17) is 5.73 Å². The van der Waals surface area contributed by atoms with Gasteiger partial charge in [-0.1, -0.05) is 0 Å². The molecule has 5 nitrogen and oxygen atoms in total. The zero-order valence-corrected chi connectivity index (χ0v) is 11.2. The van der Waals surface area contributed by atoms with E-state index in [1.54, 1.807) is 0 Å². The average Bonchev–Trinajstić information content (AvgIpc) is 3.16. The highest BCUT2D eigenvalue weighted by molar-refractivity contribution is 5.76. The molecule has 0 atom stereocenters. The molecule has 3 rings (SSSR count). The molecular formula is C14H22N4O. The first-order valence-electron chi connectivity index (χ1n) is 7.27. The molecule has 2 saturated carbocycles. The fraction of sp³-hybridized carbons (Fsp3) is 0.714. The second-order valence-corrected chi connectivity index (χ2v) is 5.86. The minimum atomic E-state index is -0.134. The van der Waals surface area contributed by atoms with E-state index in [0.717, 1.165) is 32.2 Å². The number of amides is 1. The molecule has 0 radical (unpaired) electrons. The molecule has 1 aromatic rings.